The summed E-state index contributed by atoms with van der Waals surface area (Å²) in [6.45, 7) is 9.14. The van der Waals surface area contributed by atoms with Crippen LogP contribution in [0, 0.1) is 0 Å². The Labute approximate surface area is 110 Å². The van der Waals surface area contributed by atoms with E-state index in [2.05, 4.69) is 60.4 Å². The molecular weight excluding hydrogens is 226 g/mol. The third-order valence-electron chi connectivity index (χ3n) is 2.66. The molecule has 0 bridgehead atoms. The van der Waals surface area contributed by atoms with E-state index in [0.717, 1.165) is 36.8 Å². The molecule has 5 nitrogen and oxygen atoms in total. The third-order valence-corrected chi connectivity index (χ3v) is 2.66. The van der Waals surface area contributed by atoms with Crippen LogP contribution in [0.3, 0.4) is 0 Å². The summed E-state index contributed by atoms with van der Waals surface area (Å²) in [5.74, 6) is 2.27. The van der Waals surface area contributed by atoms with Crippen molar-refractivity contribution in [2.45, 2.75) is 26.7 Å². The van der Waals surface area contributed by atoms with Crippen molar-refractivity contribution < 1.29 is 0 Å². The maximum Gasteiger partial charge on any atom is 0.135 e. The summed E-state index contributed by atoms with van der Waals surface area (Å²) in [5, 5.41) is 6.69. The Bertz CT molecular complexity index is 362. The Balaban J connectivity index is 2.85. The van der Waals surface area contributed by atoms with Crippen LogP contribution in [0.15, 0.2) is 6.33 Å². The maximum atomic E-state index is 4.36. The fourth-order valence-electron chi connectivity index (χ4n) is 1.79. The molecule has 0 amide bonds. The molecule has 102 valence electrons. The van der Waals surface area contributed by atoms with Crippen molar-refractivity contribution in [3.8, 4) is 0 Å². The molecule has 5 heteroatoms. The summed E-state index contributed by atoms with van der Waals surface area (Å²) in [4.78, 5) is 10.8. The van der Waals surface area contributed by atoms with Gasteiger partial charge in [-0.2, -0.15) is 0 Å². The van der Waals surface area contributed by atoms with Crippen LogP contribution >= 0.6 is 0 Å². The monoisotopic (exact) mass is 251 g/mol. The van der Waals surface area contributed by atoms with Gasteiger partial charge in [-0.3, -0.25) is 0 Å². The van der Waals surface area contributed by atoms with Gasteiger partial charge in [-0.25, -0.2) is 9.97 Å². The van der Waals surface area contributed by atoms with Gasteiger partial charge in [0, 0.05) is 25.2 Å². The number of nitrogens with zero attached hydrogens (tertiary/aromatic N) is 3. The van der Waals surface area contributed by atoms with Crippen molar-refractivity contribution in [2.24, 2.45) is 0 Å². The topological polar surface area (TPSA) is 53.1 Å². The first-order chi connectivity index (χ1) is 8.56. The second-order valence-electron chi connectivity index (χ2n) is 4.90. The molecule has 0 atom stereocenters. The van der Waals surface area contributed by atoms with Crippen LogP contribution in [0.4, 0.5) is 11.6 Å². The van der Waals surface area contributed by atoms with Gasteiger partial charge in [0.25, 0.3) is 0 Å². The first kappa shape index (κ1) is 14.7. The fourth-order valence-corrected chi connectivity index (χ4v) is 1.79. The summed E-state index contributed by atoms with van der Waals surface area (Å²) < 4.78 is 0. The summed E-state index contributed by atoms with van der Waals surface area (Å²) in [6, 6.07) is 0. The second-order valence-corrected chi connectivity index (χ2v) is 4.90. The zero-order chi connectivity index (χ0) is 13.5. The van der Waals surface area contributed by atoms with E-state index in [9.17, 15) is 0 Å². The number of hydrogen-bond donors (Lipinski definition) is 2. The predicted octanol–water partition coefficient (Wildman–Crippen LogP) is 2.01. The molecule has 0 aliphatic carbocycles. The molecule has 0 spiro atoms. The minimum absolute atomic E-state index is 0.391. The van der Waals surface area contributed by atoms with E-state index < -0.39 is 0 Å². The van der Waals surface area contributed by atoms with Crippen molar-refractivity contribution in [1.82, 2.24) is 14.9 Å². The highest BCUT2D eigenvalue weighted by atomic mass is 15.1. The van der Waals surface area contributed by atoms with E-state index in [-0.39, 0.29) is 0 Å². The lowest BCUT2D eigenvalue weighted by molar-refractivity contribution is 0.425. The minimum Gasteiger partial charge on any atom is -0.370 e. The van der Waals surface area contributed by atoms with Crippen LogP contribution in [-0.4, -0.2) is 48.6 Å². The van der Waals surface area contributed by atoms with Gasteiger partial charge in [0.1, 0.15) is 18.0 Å². The van der Waals surface area contributed by atoms with E-state index in [4.69, 9.17) is 0 Å². The lowest BCUT2D eigenvalue weighted by atomic mass is 10.0. The standard InChI is InChI=1S/C13H25N5/c1-6-14-12-11(10(2)3)13(17-9-16-12)15-7-8-18(4)5/h9-10H,6-8H2,1-5H3,(H2,14,15,16,17). The fraction of sp³-hybridized carbons (Fsp3) is 0.692. The lowest BCUT2D eigenvalue weighted by Crippen LogP contribution is -2.22. The van der Waals surface area contributed by atoms with Crippen molar-refractivity contribution in [1.29, 1.82) is 0 Å². The molecule has 1 aromatic rings. The summed E-state index contributed by atoms with van der Waals surface area (Å²) in [7, 11) is 4.13. The van der Waals surface area contributed by atoms with Crippen LogP contribution in [-0.2, 0) is 0 Å². The highest BCUT2D eigenvalue weighted by Gasteiger charge is 2.14. The van der Waals surface area contributed by atoms with Crippen molar-refractivity contribution >= 4 is 11.6 Å². The van der Waals surface area contributed by atoms with Crippen LogP contribution in [0.1, 0.15) is 32.3 Å². The van der Waals surface area contributed by atoms with Crippen molar-refractivity contribution in [3.63, 3.8) is 0 Å². The van der Waals surface area contributed by atoms with E-state index in [1.54, 1.807) is 6.33 Å². The van der Waals surface area contributed by atoms with Gasteiger partial charge in [-0.05, 0) is 26.9 Å². The van der Waals surface area contributed by atoms with E-state index in [1.807, 2.05) is 0 Å². The first-order valence-electron chi connectivity index (χ1n) is 6.53. The van der Waals surface area contributed by atoms with Gasteiger partial charge in [0.2, 0.25) is 0 Å². The molecule has 18 heavy (non-hydrogen) atoms. The molecule has 0 saturated carbocycles. The van der Waals surface area contributed by atoms with Crippen LogP contribution in [0.5, 0.6) is 0 Å². The number of likely N-dealkylation sites (N-methyl/N-ethyl adjacent to an activating group) is 1. The Morgan fingerprint density at radius 1 is 1.17 bits per heavy atom. The molecule has 1 rings (SSSR count). The van der Waals surface area contributed by atoms with E-state index in [0.29, 0.717) is 5.92 Å². The Hall–Kier alpha value is -1.36. The molecule has 0 radical (unpaired) electrons. The van der Waals surface area contributed by atoms with Crippen LogP contribution < -0.4 is 10.6 Å². The van der Waals surface area contributed by atoms with Gasteiger partial charge in [-0.15, -0.1) is 0 Å². The number of rotatable bonds is 7. The second kappa shape index (κ2) is 7.16. The molecule has 0 saturated heterocycles. The average Bonchev–Trinajstić information content (AvgIpc) is 2.28. The van der Waals surface area contributed by atoms with E-state index >= 15 is 0 Å². The highest BCUT2D eigenvalue weighted by molar-refractivity contribution is 5.58. The number of aromatic nitrogens is 2. The molecule has 0 aliphatic heterocycles. The Morgan fingerprint density at radius 2 is 1.78 bits per heavy atom. The molecule has 0 aromatic carbocycles. The molecule has 1 heterocycles. The highest BCUT2D eigenvalue weighted by Crippen LogP contribution is 2.27. The lowest BCUT2D eigenvalue weighted by Gasteiger charge is -2.18. The number of nitrogens with one attached hydrogen (secondary N) is 2. The SMILES string of the molecule is CCNc1ncnc(NCCN(C)C)c1C(C)C. The molecule has 2 N–H and O–H groups in total. The largest absolute Gasteiger partial charge is 0.370 e. The van der Waals surface area contributed by atoms with Gasteiger partial charge >= 0.3 is 0 Å². The Kier molecular flexibility index (Phi) is 5.85. The zero-order valence-corrected chi connectivity index (χ0v) is 12.1. The predicted molar refractivity (Wildman–Crippen MR) is 77.3 cm³/mol. The molecule has 0 aliphatic rings. The maximum absolute atomic E-state index is 4.36. The average molecular weight is 251 g/mol. The summed E-state index contributed by atoms with van der Waals surface area (Å²) >= 11 is 0. The van der Waals surface area contributed by atoms with E-state index in [1.165, 1.54) is 0 Å². The molecule has 1 aromatic heterocycles. The quantitative estimate of drug-likeness (QED) is 0.776. The van der Waals surface area contributed by atoms with Crippen molar-refractivity contribution in [3.05, 3.63) is 11.9 Å². The Morgan fingerprint density at radius 3 is 2.28 bits per heavy atom. The van der Waals surface area contributed by atoms with Crippen LogP contribution in [0.25, 0.3) is 0 Å². The third kappa shape index (κ3) is 4.14. The van der Waals surface area contributed by atoms with Gasteiger partial charge in [-0.1, -0.05) is 13.8 Å². The van der Waals surface area contributed by atoms with Crippen molar-refractivity contribution in [2.75, 3.05) is 44.4 Å². The van der Waals surface area contributed by atoms with Gasteiger partial charge in [0.05, 0.1) is 0 Å². The molecular formula is C13H25N5. The number of hydrogen-bond acceptors (Lipinski definition) is 5. The number of anilines is 2. The summed E-state index contributed by atoms with van der Waals surface area (Å²) in [5.41, 5.74) is 1.16. The zero-order valence-electron chi connectivity index (χ0n) is 12.1. The van der Waals surface area contributed by atoms with Crippen LogP contribution in [0.2, 0.25) is 0 Å². The molecule has 0 fully saturated rings. The first-order valence-corrected chi connectivity index (χ1v) is 6.53. The summed E-state index contributed by atoms with van der Waals surface area (Å²) in [6.07, 6.45) is 1.61. The minimum atomic E-state index is 0.391. The van der Waals surface area contributed by atoms with Gasteiger partial charge < -0.3 is 15.5 Å². The molecule has 0 unspecified atom stereocenters. The smallest absolute Gasteiger partial charge is 0.135 e. The van der Waals surface area contributed by atoms with Gasteiger partial charge in [0.15, 0.2) is 0 Å². The normalized spacial score (nSPS) is 11.1.